The van der Waals surface area contributed by atoms with Gasteiger partial charge in [-0.25, -0.2) is 13.1 Å². The van der Waals surface area contributed by atoms with Crippen LogP contribution in [0.1, 0.15) is 9.67 Å². The predicted molar refractivity (Wildman–Crippen MR) is 95.8 cm³/mol. The summed E-state index contributed by atoms with van der Waals surface area (Å²) in [6.07, 6.45) is 0. The molecule has 0 aliphatic rings. The molecule has 0 aliphatic heterocycles. The quantitative estimate of drug-likeness (QED) is 0.638. The number of hydrogen-bond donors (Lipinski definition) is 1. The molecule has 0 saturated carbocycles. The van der Waals surface area contributed by atoms with E-state index >= 15 is 0 Å². The van der Waals surface area contributed by atoms with Gasteiger partial charge in [0.15, 0.2) is 0 Å². The Morgan fingerprint density at radius 2 is 1.78 bits per heavy atom. The summed E-state index contributed by atoms with van der Waals surface area (Å²) in [6.45, 7) is 0. The minimum Gasteiger partial charge on any atom is -0.267 e. The normalized spacial score (nSPS) is 11.8. The highest BCUT2D eigenvalue weighted by Crippen LogP contribution is 2.37. The lowest BCUT2D eigenvalue weighted by Crippen LogP contribution is -2.29. The van der Waals surface area contributed by atoms with Crippen LogP contribution < -0.4 is 4.72 Å². The highest BCUT2D eigenvalue weighted by Gasteiger charge is 2.24. The number of sulfonamides is 1. The van der Waals surface area contributed by atoms with E-state index in [1.54, 1.807) is 18.2 Å². The summed E-state index contributed by atoms with van der Waals surface area (Å²) in [7, 11) is -3.99. The monoisotopic (exact) mass is 425 g/mol. The van der Waals surface area contributed by atoms with Gasteiger partial charge in [-0.2, -0.15) is 0 Å². The van der Waals surface area contributed by atoms with Crippen LogP contribution in [0.2, 0.25) is 14.4 Å². The van der Waals surface area contributed by atoms with Crippen molar-refractivity contribution < 1.29 is 13.2 Å². The van der Waals surface area contributed by atoms with Crippen molar-refractivity contribution in [2.24, 2.45) is 0 Å². The van der Waals surface area contributed by atoms with E-state index in [1.807, 2.05) is 4.72 Å². The van der Waals surface area contributed by atoms with Crippen LogP contribution in [-0.4, -0.2) is 14.3 Å². The molecule has 0 spiro atoms. The number of benzene rings is 1. The molecule has 0 saturated heterocycles. The van der Waals surface area contributed by atoms with Crippen molar-refractivity contribution >= 4 is 83.5 Å². The number of carbonyl (C=O) groups is 1. The fraction of sp³-hybridized carbons (Fsp3) is 0. The highest BCUT2D eigenvalue weighted by molar-refractivity contribution is 7.92. The molecule has 3 rings (SSSR count). The Kier molecular flexibility index (Phi) is 4.61. The zero-order valence-electron chi connectivity index (χ0n) is 11.0. The second kappa shape index (κ2) is 6.23. The van der Waals surface area contributed by atoms with Crippen molar-refractivity contribution in [3.63, 3.8) is 0 Å². The van der Waals surface area contributed by atoms with E-state index in [9.17, 15) is 13.2 Å². The summed E-state index contributed by atoms with van der Waals surface area (Å²) in [5.41, 5.74) is 0. The van der Waals surface area contributed by atoms with Crippen LogP contribution in [0.15, 0.2) is 34.5 Å². The zero-order chi connectivity index (χ0) is 16.8. The number of amides is 1. The summed E-state index contributed by atoms with van der Waals surface area (Å²) in [5.74, 6) is -0.795. The summed E-state index contributed by atoms with van der Waals surface area (Å²) >= 11 is 19.7. The van der Waals surface area contributed by atoms with Crippen molar-refractivity contribution in [1.82, 2.24) is 4.72 Å². The minimum atomic E-state index is -3.99. The molecule has 10 heteroatoms. The summed E-state index contributed by atoms with van der Waals surface area (Å²) < 4.78 is 27.3. The second-order valence-corrected chi connectivity index (χ2v) is 9.87. The van der Waals surface area contributed by atoms with Gasteiger partial charge in [0.1, 0.15) is 9.09 Å². The number of carbonyl (C=O) groups excluding carboxylic acids is 1. The van der Waals surface area contributed by atoms with Gasteiger partial charge in [-0.1, -0.05) is 40.9 Å². The maximum atomic E-state index is 12.3. The minimum absolute atomic E-state index is 0.0453. The molecule has 0 atom stereocenters. The smallest absolute Gasteiger partial charge is 0.267 e. The molecule has 3 aromatic rings. The van der Waals surface area contributed by atoms with E-state index in [-0.39, 0.29) is 14.1 Å². The fourth-order valence-electron chi connectivity index (χ4n) is 1.85. The first-order valence-corrected chi connectivity index (χ1v) is 10.2. The Bertz CT molecular complexity index is 1020. The first kappa shape index (κ1) is 17.0. The SMILES string of the molecule is O=C(NS(=O)(=O)c1ccc(Cl)s1)c1sc2cc(Cl)ccc2c1Cl. The van der Waals surface area contributed by atoms with Crippen LogP contribution in [0.4, 0.5) is 0 Å². The van der Waals surface area contributed by atoms with Crippen molar-refractivity contribution in [1.29, 1.82) is 0 Å². The van der Waals surface area contributed by atoms with Gasteiger partial charge in [0.05, 0.1) is 9.36 Å². The molecule has 2 aromatic heterocycles. The van der Waals surface area contributed by atoms with Gasteiger partial charge in [0.2, 0.25) is 0 Å². The van der Waals surface area contributed by atoms with Gasteiger partial charge in [0.25, 0.3) is 15.9 Å². The van der Waals surface area contributed by atoms with E-state index in [4.69, 9.17) is 34.8 Å². The largest absolute Gasteiger partial charge is 0.276 e. The average molecular weight is 427 g/mol. The van der Waals surface area contributed by atoms with Crippen LogP contribution >= 0.6 is 57.5 Å². The molecule has 1 amide bonds. The van der Waals surface area contributed by atoms with E-state index in [0.717, 1.165) is 22.7 Å². The molecule has 4 nitrogen and oxygen atoms in total. The third-order valence-corrected chi connectivity index (χ3v) is 7.78. The molecule has 1 aromatic carbocycles. The number of halogens is 3. The molecule has 2 heterocycles. The highest BCUT2D eigenvalue weighted by atomic mass is 35.5. The van der Waals surface area contributed by atoms with Crippen molar-refractivity contribution in [2.45, 2.75) is 4.21 Å². The summed E-state index contributed by atoms with van der Waals surface area (Å²) in [4.78, 5) is 12.4. The Balaban J connectivity index is 1.96. The number of nitrogens with one attached hydrogen (secondary N) is 1. The molecular formula is C13H6Cl3NO3S3. The molecule has 0 aliphatic carbocycles. The number of rotatable bonds is 3. The van der Waals surface area contributed by atoms with E-state index in [2.05, 4.69) is 0 Å². The average Bonchev–Trinajstić information content (AvgIpc) is 3.03. The Morgan fingerprint density at radius 1 is 1.04 bits per heavy atom. The van der Waals surface area contributed by atoms with Gasteiger partial charge in [-0.15, -0.1) is 22.7 Å². The standard InChI is InChI=1S/C13H6Cl3NO3S3/c14-6-1-2-7-8(5-6)21-12(11(7)16)13(18)17-23(19,20)10-4-3-9(15)22-10/h1-5H,(H,17,18). The first-order valence-electron chi connectivity index (χ1n) is 5.98. The Hall–Kier alpha value is -0.830. The number of fused-ring (bicyclic) bond motifs is 1. The molecule has 1 N–H and O–H groups in total. The van der Waals surface area contributed by atoms with Gasteiger partial charge >= 0.3 is 0 Å². The maximum Gasteiger partial charge on any atom is 0.276 e. The van der Waals surface area contributed by atoms with E-state index < -0.39 is 15.9 Å². The molecular weight excluding hydrogens is 421 g/mol. The third kappa shape index (κ3) is 3.35. The molecule has 0 bridgehead atoms. The molecule has 23 heavy (non-hydrogen) atoms. The van der Waals surface area contributed by atoms with E-state index in [0.29, 0.717) is 19.4 Å². The van der Waals surface area contributed by atoms with E-state index in [1.165, 1.54) is 12.1 Å². The molecule has 0 unspecified atom stereocenters. The zero-order valence-corrected chi connectivity index (χ0v) is 15.7. The summed E-state index contributed by atoms with van der Waals surface area (Å²) in [5, 5.41) is 1.34. The lowest BCUT2D eigenvalue weighted by Gasteiger charge is -2.03. The first-order chi connectivity index (χ1) is 10.8. The van der Waals surface area contributed by atoms with Crippen molar-refractivity contribution in [3.05, 3.63) is 49.6 Å². The van der Waals surface area contributed by atoms with Gasteiger partial charge in [0, 0.05) is 15.1 Å². The van der Waals surface area contributed by atoms with Gasteiger partial charge in [-0.3, -0.25) is 4.79 Å². The second-order valence-electron chi connectivity index (χ2n) is 4.38. The third-order valence-electron chi connectivity index (χ3n) is 2.84. The fourth-order valence-corrected chi connectivity index (χ4v) is 6.04. The predicted octanol–water partition coefficient (Wildman–Crippen LogP) is 5.04. The van der Waals surface area contributed by atoms with Crippen LogP contribution in [0, 0.1) is 0 Å². The Morgan fingerprint density at radius 3 is 2.43 bits per heavy atom. The van der Waals surface area contributed by atoms with Gasteiger partial charge < -0.3 is 0 Å². The number of hydrogen-bond acceptors (Lipinski definition) is 5. The molecule has 0 radical (unpaired) electrons. The topological polar surface area (TPSA) is 63.2 Å². The van der Waals surface area contributed by atoms with Crippen LogP contribution in [0.3, 0.4) is 0 Å². The molecule has 0 fully saturated rings. The lowest BCUT2D eigenvalue weighted by molar-refractivity contribution is 0.0985. The lowest BCUT2D eigenvalue weighted by atomic mass is 10.2. The summed E-state index contributed by atoms with van der Waals surface area (Å²) in [6, 6.07) is 7.77. The van der Waals surface area contributed by atoms with Crippen molar-refractivity contribution in [3.8, 4) is 0 Å². The number of thiophene rings is 2. The Labute approximate surface area is 154 Å². The maximum absolute atomic E-state index is 12.3. The van der Waals surface area contributed by atoms with Crippen molar-refractivity contribution in [2.75, 3.05) is 0 Å². The van der Waals surface area contributed by atoms with Crippen LogP contribution in [0.5, 0.6) is 0 Å². The van der Waals surface area contributed by atoms with Crippen LogP contribution in [-0.2, 0) is 10.0 Å². The molecule has 120 valence electrons. The van der Waals surface area contributed by atoms with Gasteiger partial charge in [-0.05, 0) is 24.3 Å². The van der Waals surface area contributed by atoms with Crippen LogP contribution in [0.25, 0.3) is 10.1 Å².